The molecule has 0 unspecified atom stereocenters. The van der Waals surface area contributed by atoms with Gasteiger partial charge in [-0.2, -0.15) is 0 Å². The van der Waals surface area contributed by atoms with Crippen molar-refractivity contribution in [3.63, 3.8) is 0 Å². The fraction of sp³-hybridized carbons (Fsp3) is 0.362. The van der Waals surface area contributed by atoms with Crippen LogP contribution in [0.5, 0.6) is 0 Å². The van der Waals surface area contributed by atoms with E-state index in [9.17, 15) is 0 Å². The van der Waals surface area contributed by atoms with Crippen molar-refractivity contribution in [3.8, 4) is 0 Å². The van der Waals surface area contributed by atoms with Crippen LogP contribution in [-0.2, 0) is 13.1 Å². The minimum Gasteiger partial charge on any atom is -0.382 e. The summed E-state index contributed by atoms with van der Waals surface area (Å²) in [5, 5.41) is 7.75. The molecule has 0 radical (unpaired) electrons. The monoisotopic (exact) mass is 678 g/mol. The molecule has 5 aromatic carbocycles. The van der Waals surface area contributed by atoms with Crippen LogP contribution in [0.4, 0.5) is 17.1 Å². The van der Waals surface area contributed by atoms with Crippen LogP contribution in [-0.4, -0.2) is 30.2 Å². The summed E-state index contributed by atoms with van der Waals surface area (Å²) in [5.41, 5.74) is 11.8. The number of nitrogens with one attached hydrogen (secondary N) is 2. The summed E-state index contributed by atoms with van der Waals surface area (Å²) < 4.78 is 0. The van der Waals surface area contributed by atoms with Gasteiger partial charge in [-0.1, -0.05) is 91.0 Å². The molecule has 0 atom stereocenters. The predicted molar refractivity (Wildman–Crippen MR) is 219 cm³/mol. The summed E-state index contributed by atoms with van der Waals surface area (Å²) in [4.78, 5) is 4.90. The highest BCUT2D eigenvalue weighted by Gasteiger charge is 2.37. The zero-order chi connectivity index (χ0) is 36.0. The molecule has 5 aromatic rings. The molecule has 4 heteroatoms. The first kappa shape index (κ1) is 36.3. The molecular formula is C47H58N4. The van der Waals surface area contributed by atoms with Gasteiger partial charge in [0, 0.05) is 66.3 Å². The molecule has 1 aliphatic rings. The van der Waals surface area contributed by atoms with Gasteiger partial charge in [0.05, 0.1) is 0 Å². The average molecular weight is 679 g/mol. The number of aryl methyl sites for hydroxylation is 1. The topological polar surface area (TPSA) is 30.5 Å². The van der Waals surface area contributed by atoms with Gasteiger partial charge in [0.15, 0.2) is 0 Å². The van der Waals surface area contributed by atoms with Gasteiger partial charge in [0.1, 0.15) is 0 Å². The lowest BCUT2D eigenvalue weighted by Crippen LogP contribution is -2.60. The number of anilines is 3. The van der Waals surface area contributed by atoms with Gasteiger partial charge in [0.25, 0.3) is 0 Å². The standard InChI is InChI=1S/C47H58N4/c1-8-50(33-36-16-12-10-13-17-36)42-25-20-38(21-26-42)45(39-22-27-43(28-23-39)51(9-2)34-37-18-14-11-15-19-37)44-29-24-40(30-35(44)3)48-41-31-46(4,5)49-47(6,7)32-41/h10-30,41,45,48-49H,8-9,31-34H2,1-7H3. The Morgan fingerprint density at radius 2 is 1.08 bits per heavy atom. The molecule has 0 amide bonds. The third-order valence-electron chi connectivity index (χ3n) is 10.5. The van der Waals surface area contributed by atoms with E-state index in [1.165, 1.54) is 50.4 Å². The van der Waals surface area contributed by atoms with Crippen molar-refractivity contribution in [2.45, 2.75) is 97.4 Å². The SMILES string of the molecule is CCN(Cc1ccccc1)c1ccc(C(c2ccc(N(CC)Cc3ccccc3)cc2)c2ccc(NC3CC(C)(C)NC(C)(C)C3)cc2C)cc1. The summed E-state index contributed by atoms with van der Waals surface area (Å²) in [5.74, 6) is 0.118. The molecule has 1 aliphatic heterocycles. The molecule has 0 aromatic heterocycles. The average Bonchev–Trinajstić information content (AvgIpc) is 3.11. The van der Waals surface area contributed by atoms with E-state index < -0.39 is 0 Å². The van der Waals surface area contributed by atoms with Crippen molar-refractivity contribution in [1.82, 2.24) is 5.32 Å². The van der Waals surface area contributed by atoms with E-state index in [1.54, 1.807) is 0 Å². The first-order valence-corrected chi connectivity index (χ1v) is 19.0. The summed E-state index contributed by atoms with van der Waals surface area (Å²) in [7, 11) is 0. The van der Waals surface area contributed by atoms with Crippen LogP contribution in [0.1, 0.15) is 93.7 Å². The maximum absolute atomic E-state index is 3.92. The molecule has 0 spiro atoms. The second kappa shape index (κ2) is 15.8. The number of nitrogens with zero attached hydrogens (tertiary/aromatic N) is 2. The Morgan fingerprint density at radius 3 is 1.49 bits per heavy atom. The van der Waals surface area contributed by atoms with Crippen molar-refractivity contribution in [2.24, 2.45) is 0 Å². The highest BCUT2D eigenvalue weighted by atomic mass is 15.1. The molecule has 2 N–H and O–H groups in total. The van der Waals surface area contributed by atoms with Crippen LogP contribution in [0.2, 0.25) is 0 Å². The summed E-state index contributed by atoms with van der Waals surface area (Å²) in [6, 6.07) is 47.6. The molecular weight excluding hydrogens is 621 g/mol. The predicted octanol–water partition coefficient (Wildman–Crippen LogP) is 10.9. The normalized spacial score (nSPS) is 15.5. The molecule has 0 aliphatic carbocycles. The van der Waals surface area contributed by atoms with Crippen molar-refractivity contribution in [1.29, 1.82) is 0 Å². The zero-order valence-electron chi connectivity index (χ0n) is 31.9. The minimum absolute atomic E-state index is 0.0979. The molecule has 4 nitrogen and oxygen atoms in total. The van der Waals surface area contributed by atoms with Crippen molar-refractivity contribution in [2.75, 3.05) is 28.2 Å². The van der Waals surface area contributed by atoms with E-state index in [2.05, 4.69) is 196 Å². The zero-order valence-corrected chi connectivity index (χ0v) is 31.9. The van der Waals surface area contributed by atoms with Crippen LogP contribution < -0.4 is 20.4 Å². The van der Waals surface area contributed by atoms with Crippen LogP contribution in [0.25, 0.3) is 0 Å². The van der Waals surface area contributed by atoms with Gasteiger partial charge >= 0.3 is 0 Å². The third kappa shape index (κ3) is 9.23. The molecule has 0 bridgehead atoms. The largest absolute Gasteiger partial charge is 0.382 e. The van der Waals surface area contributed by atoms with Crippen LogP contribution in [0.15, 0.2) is 127 Å². The van der Waals surface area contributed by atoms with Gasteiger partial charge in [0.2, 0.25) is 0 Å². The smallest absolute Gasteiger partial charge is 0.0429 e. The first-order valence-electron chi connectivity index (χ1n) is 19.0. The fourth-order valence-corrected chi connectivity index (χ4v) is 8.44. The van der Waals surface area contributed by atoms with Crippen molar-refractivity contribution >= 4 is 17.1 Å². The second-order valence-corrected chi connectivity index (χ2v) is 15.8. The maximum Gasteiger partial charge on any atom is 0.0429 e. The summed E-state index contributed by atoms with van der Waals surface area (Å²) in [6.45, 7) is 19.7. The summed E-state index contributed by atoms with van der Waals surface area (Å²) >= 11 is 0. The van der Waals surface area contributed by atoms with E-state index in [-0.39, 0.29) is 17.0 Å². The molecule has 266 valence electrons. The lowest BCUT2D eigenvalue weighted by molar-refractivity contribution is 0.170. The van der Waals surface area contributed by atoms with Gasteiger partial charge < -0.3 is 20.4 Å². The van der Waals surface area contributed by atoms with E-state index >= 15 is 0 Å². The quantitative estimate of drug-likeness (QED) is 0.121. The Kier molecular flexibility index (Phi) is 11.2. The van der Waals surface area contributed by atoms with E-state index in [0.717, 1.165) is 39.0 Å². The molecule has 1 fully saturated rings. The molecule has 1 heterocycles. The van der Waals surface area contributed by atoms with Crippen molar-refractivity contribution < 1.29 is 0 Å². The molecule has 51 heavy (non-hydrogen) atoms. The van der Waals surface area contributed by atoms with Crippen molar-refractivity contribution in [3.05, 3.63) is 161 Å². The van der Waals surface area contributed by atoms with Gasteiger partial charge in [-0.3, -0.25) is 0 Å². The summed E-state index contributed by atoms with van der Waals surface area (Å²) in [6.07, 6.45) is 2.19. The fourth-order valence-electron chi connectivity index (χ4n) is 8.44. The molecule has 1 saturated heterocycles. The second-order valence-electron chi connectivity index (χ2n) is 15.8. The highest BCUT2D eigenvalue weighted by Crippen LogP contribution is 2.38. The van der Waals surface area contributed by atoms with Gasteiger partial charge in [-0.05, 0) is 131 Å². The number of benzene rings is 5. The van der Waals surface area contributed by atoms with Gasteiger partial charge in [-0.25, -0.2) is 0 Å². The highest BCUT2D eigenvalue weighted by molar-refractivity contribution is 5.58. The van der Waals surface area contributed by atoms with Crippen LogP contribution >= 0.6 is 0 Å². The lowest BCUT2D eigenvalue weighted by atomic mass is 9.79. The first-order chi connectivity index (χ1) is 24.5. The number of hydrogen-bond acceptors (Lipinski definition) is 4. The number of piperidine rings is 1. The van der Waals surface area contributed by atoms with Gasteiger partial charge in [-0.15, -0.1) is 0 Å². The Balaban J connectivity index is 1.31. The number of rotatable bonds is 13. The Bertz CT molecular complexity index is 1720. The number of hydrogen-bond donors (Lipinski definition) is 2. The lowest BCUT2D eigenvalue weighted by Gasteiger charge is -2.47. The van der Waals surface area contributed by atoms with Crippen LogP contribution in [0.3, 0.4) is 0 Å². The molecule has 0 saturated carbocycles. The van der Waals surface area contributed by atoms with E-state index in [0.29, 0.717) is 6.04 Å². The minimum atomic E-state index is 0.0979. The maximum atomic E-state index is 3.92. The van der Waals surface area contributed by atoms with E-state index in [1.807, 2.05) is 0 Å². The van der Waals surface area contributed by atoms with Crippen LogP contribution in [0, 0.1) is 6.92 Å². The Labute approximate surface area is 307 Å². The third-order valence-corrected chi connectivity index (χ3v) is 10.5. The Hall–Kier alpha value is -4.54. The molecule has 6 rings (SSSR count). The van der Waals surface area contributed by atoms with E-state index in [4.69, 9.17) is 0 Å². The Morgan fingerprint density at radius 1 is 0.627 bits per heavy atom.